The molecule has 0 radical (unpaired) electrons. The molecule has 1 aromatic carbocycles. The normalized spacial score (nSPS) is 10.8. The highest BCUT2D eigenvalue weighted by molar-refractivity contribution is 9.10. The largest absolute Gasteiger partial charge is 0.348 e. The van der Waals surface area contributed by atoms with Gasteiger partial charge in [0.05, 0.1) is 20.7 Å². The molecule has 0 aliphatic heterocycles. The average Bonchev–Trinajstić information content (AvgIpc) is 2.50. The Morgan fingerprint density at radius 3 is 2.86 bits per heavy atom. The average molecular weight is 273 g/mol. The van der Waals surface area contributed by atoms with Crippen LogP contribution in [0.4, 0.5) is 0 Å². The van der Waals surface area contributed by atoms with Gasteiger partial charge in [0.2, 0.25) is 0 Å². The summed E-state index contributed by atoms with van der Waals surface area (Å²) in [5.41, 5.74) is 2.55. The van der Waals surface area contributed by atoms with Gasteiger partial charge in [-0.15, -0.1) is 0 Å². The minimum Gasteiger partial charge on any atom is -0.348 e. The monoisotopic (exact) mass is 271 g/mol. The van der Waals surface area contributed by atoms with Gasteiger partial charge in [-0.3, -0.25) is 4.79 Å². The maximum atomic E-state index is 10.9. The van der Waals surface area contributed by atoms with Crippen LogP contribution in [0.5, 0.6) is 0 Å². The Balaban J connectivity index is 3.00. The van der Waals surface area contributed by atoms with E-state index in [1.807, 2.05) is 13.0 Å². The smallest absolute Gasteiger partial charge is 0.153 e. The Morgan fingerprint density at radius 2 is 2.21 bits per heavy atom. The van der Waals surface area contributed by atoms with Gasteiger partial charge in [-0.1, -0.05) is 17.7 Å². The van der Waals surface area contributed by atoms with E-state index in [9.17, 15) is 4.79 Å². The number of halogens is 2. The molecule has 0 atom stereocenters. The molecule has 0 saturated carbocycles. The first-order valence-electron chi connectivity index (χ1n) is 4.06. The number of nitrogens with one attached hydrogen (secondary N) is 1. The highest BCUT2D eigenvalue weighted by Crippen LogP contribution is 2.32. The van der Waals surface area contributed by atoms with Crippen LogP contribution < -0.4 is 0 Å². The number of fused-ring (bicyclic) bond motifs is 1. The van der Waals surface area contributed by atoms with Gasteiger partial charge < -0.3 is 4.98 Å². The minimum atomic E-state index is 0.578. The fourth-order valence-corrected chi connectivity index (χ4v) is 2.25. The van der Waals surface area contributed by atoms with Crippen molar-refractivity contribution in [2.45, 2.75) is 6.92 Å². The van der Waals surface area contributed by atoms with Gasteiger partial charge in [-0.2, -0.15) is 0 Å². The maximum Gasteiger partial charge on any atom is 0.153 e. The van der Waals surface area contributed by atoms with Gasteiger partial charge >= 0.3 is 0 Å². The van der Waals surface area contributed by atoms with Crippen molar-refractivity contribution in [3.05, 3.63) is 32.9 Å². The van der Waals surface area contributed by atoms with E-state index in [0.717, 1.165) is 22.8 Å². The number of aromatic nitrogens is 1. The van der Waals surface area contributed by atoms with Crippen LogP contribution in [0.3, 0.4) is 0 Å². The topological polar surface area (TPSA) is 32.9 Å². The van der Waals surface area contributed by atoms with E-state index >= 15 is 0 Å². The van der Waals surface area contributed by atoms with E-state index in [-0.39, 0.29) is 0 Å². The van der Waals surface area contributed by atoms with Crippen LogP contribution in [0.15, 0.2) is 16.7 Å². The fraction of sp³-hybridized carbons (Fsp3) is 0.100. The Labute approximate surface area is 94.4 Å². The Morgan fingerprint density at radius 1 is 1.50 bits per heavy atom. The summed E-state index contributed by atoms with van der Waals surface area (Å²) in [5, 5.41) is 1.38. The molecule has 0 amide bonds. The maximum absolute atomic E-state index is 10.9. The highest BCUT2D eigenvalue weighted by Gasteiger charge is 2.12. The summed E-state index contributed by atoms with van der Waals surface area (Å²) in [6, 6.07) is 3.72. The lowest BCUT2D eigenvalue weighted by Crippen LogP contribution is -1.79. The molecule has 2 rings (SSSR count). The van der Waals surface area contributed by atoms with E-state index in [4.69, 9.17) is 11.6 Å². The molecule has 0 bridgehead atoms. The molecule has 2 aromatic rings. The summed E-state index contributed by atoms with van der Waals surface area (Å²) in [5.74, 6) is 0. The third-order valence-corrected chi connectivity index (χ3v) is 3.16. The Hall–Kier alpha value is -0.800. The highest BCUT2D eigenvalue weighted by atomic mass is 79.9. The number of aldehydes is 1. The zero-order valence-electron chi connectivity index (χ0n) is 7.40. The molecular formula is C10H7BrClNO. The molecule has 1 N–H and O–H groups in total. The van der Waals surface area contributed by atoms with E-state index in [1.54, 1.807) is 6.07 Å². The lowest BCUT2D eigenvalue weighted by atomic mass is 10.1. The van der Waals surface area contributed by atoms with Crippen LogP contribution in [-0.4, -0.2) is 11.3 Å². The van der Waals surface area contributed by atoms with Crippen LogP contribution in [-0.2, 0) is 0 Å². The van der Waals surface area contributed by atoms with E-state index in [2.05, 4.69) is 20.9 Å². The first kappa shape index (κ1) is 9.74. The summed E-state index contributed by atoms with van der Waals surface area (Å²) in [7, 11) is 0. The zero-order valence-corrected chi connectivity index (χ0v) is 9.74. The van der Waals surface area contributed by atoms with Crippen molar-refractivity contribution >= 4 is 44.7 Å². The molecular weight excluding hydrogens is 265 g/mol. The Bertz CT molecular complexity index is 518. The number of aromatic amines is 1. The predicted octanol–water partition coefficient (Wildman–Crippen LogP) is 3.70. The molecule has 0 fully saturated rings. The molecule has 4 heteroatoms. The molecule has 1 aromatic heterocycles. The summed E-state index contributed by atoms with van der Waals surface area (Å²) < 4.78 is 0.679. The van der Waals surface area contributed by atoms with Crippen molar-refractivity contribution in [3.63, 3.8) is 0 Å². The van der Waals surface area contributed by atoms with Crippen molar-refractivity contribution < 1.29 is 4.79 Å². The van der Waals surface area contributed by atoms with Crippen molar-refractivity contribution in [2.75, 3.05) is 0 Å². The number of rotatable bonds is 1. The summed E-state index contributed by atoms with van der Waals surface area (Å²) in [6.07, 6.45) is 0.800. The molecule has 14 heavy (non-hydrogen) atoms. The number of carbonyl (C=O) groups is 1. The second-order valence-corrected chi connectivity index (χ2v) is 4.28. The molecule has 0 spiro atoms. The fourth-order valence-electron chi connectivity index (χ4n) is 1.50. The third kappa shape index (κ3) is 1.28. The van der Waals surface area contributed by atoms with Crippen molar-refractivity contribution in [3.8, 4) is 0 Å². The molecule has 72 valence electrons. The van der Waals surface area contributed by atoms with E-state index in [1.165, 1.54) is 0 Å². The van der Waals surface area contributed by atoms with Crippen LogP contribution >= 0.6 is 27.5 Å². The van der Waals surface area contributed by atoms with Crippen LogP contribution in [0.1, 0.15) is 15.9 Å². The zero-order chi connectivity index (χ0) is 10.3. The van der Waals surface area contributed by atoms with Gasteiger partial charge in [0.1, 0.15) is 0 Å². The number of aryl methyl sites for hydroxylation is 1. The molecule has 0 aliphatic carbocycles. The van der Waals surface area contributed by atoms with Crippen molar-refractivity contribution in [1.29, 1.82) is 0 Å². The van der Waals surface area contributed by atoms with Gasteiger partial charge in [-0.25, -0.2) is 0 Å². The second-order valence-electron chi connectivity index (χ2n) is 3.08. The van der Waals surface area contributed by atoms with Gasteiger partial charge in [0.15, 0.2) is 6.29 Å². The van der Waals surface area contributed by atoms with Crippen molar-refractivity contribution in [2.24, 2.45) is 0 Å². The summed E-state index contributed by atoms with van der Waals surface area (Å²) in [4.78, 5) is 13.9. The molecule has 0 saturated heterocycles. The first-order valence-corrected chi connectivity index (χ1v) is 5.23. The number of hydrogen-bond acceptors (Lipinski definition) is 1. The number of H-pyrrole nitrogens is 1. The van der Waals surface area contributed by atoms with E-state index in [0.29, 0.717) is 15.2 Å². The SMILES string of the molecule is Cc1ccc(Cl)c2c(C=O)c(Br)[nH]c12. The quantitative estimate of drug-likeness (QED) is 0.789. The van der Waals surface area contributed by atoms with Gasteiger partial charge in [0.25, 0.3) is 0 Å². The number of carbonyl (C=O) groups excluding carboxylic acids is 1. The third-order valence-electron chi connectivity index (χ3n) is 2.22. The molecule has 0 aliphatic rings. The molecule has 0 unspecified atom stereocenters. The van der Waals surface area contributed by atoms with Crippen LogP contribution in [0, 0.1) is 6.92 Å². The number of hydrogen-bond donors (Lipinski definition) is 1. The lowest BCUT2D eigenvalue weighted by molar-refractivity contribution is 0.112. The Kier molecular flexibility index (Phi) is 2.37. The van der Waals surface area contributed by atoms with Gasteiger partial charge in [0, 0.05) is 5.39 Å². The standard InChI is InChI=1S/C10H7BrClNO/c1-5-2-3-7(12)8-6(4-14)10(11)13-9(5)8/h2-4,13H,1H3. The minimum absolute atomic E-state index is 0.578. The lowest BCUT2D eigenvalue weighted by Gasteiger charge is -1.98. The van der Waals surface area contributed by atoms with Crippen LogP contribution in [0.25, 0.3) is 10.9 Å². The molecule has 1 heterocycles. The number of benzene rings is 1. The summed E-state index contributed by atoms with van der Waals surface area (Å²) >= 11 is 9.32. The first-order chi connectivity index (χ1) is 6.65. The second kappa shape index (κ2) is 3.41. The summed E-state index contributed by atoms with van der Waals surface area (Å²) in [6.45, 7) is 1.97. The van der Waals surface area contributed by atoms with Crippen molar-refractivity contribution in [1.82, 2.24) is 4.98 Å². The van der Waals surface area contributed by atoms with E-state index < -0.39 is 0 Å². The predicted molar refractivity (Wildman–Crippen MR) is 61.1 cm³/mol. The van der Waals surface area contributed by atoms with Crippen LogP contribution in [0.2, 0.25) is 5.02 Å². The van der Waals surface area contributed by atoms with Gasteiger partial charge in [-0.05, 0) is 34.5 Å². The molecule has 2 nitrogen and oxygen atoms in total.